The monoisotopic (exact) mass is 628 g/mol. The molecular formula is C32H44N4O7S. The van der Waals surface area contributed by atoms with Crippen LogP contribution in [0.15, 0.2) is 30.2 Å². The van der Waals surface area contributed by atoms with Crippen molar-refractivity contribution in [1.29, 1.82) is 0 Å². The fourth-order valence-corrected chi connectivity index (χ4v) is 6.87. The third-order valence-corrected chi connectivity index (χ3v) is 9.47. The van der Waals surface area contributed by atoms with Gasteiger partial charge in [-0.15, -0.1) is 17.9 Å². The van der Waals surface area contributed by atoms with E-state index < -0.39 is 35.9 Å². The minimum Gasteiger partial charge on any atom is -0.506 e. The third-order valence-electron chi connectivity index (χ3n) is 8.54. The Labute approximate surface area is 262 Å². The van der Waals surface area contributed by atoms with Crippen molar-refractivity contribution in [3.8, 4) is 5.75 Å². The summed E-state index contributed by atoms with van der Waals surface area (Å²) >= 11 is 1.18. The summed E-state index contributed by atoms with van der Waals surface area (Å²) in [5.41, 5.74) is 7.15. The Hall–Kier alpha value is -3.93. The number of fused-ring (bicyclic) bond motifs is 1. The Morgan fingerprint density at radius 3 is 2.52 bits per heavy atom. The van der Waals surface area contributed by atoms with E-state index in [4.69, 9.17) is 10.5 Å². The van der Waals surface area contributed by atoms with Crippen molar-refractivity contribution in [2.75, 3.05) is 12.8 Å². The number of nitrogens with one attached hydrogen (secondary N) is 1. The highest BCUT2D eigenvalue weighted by molar-refractivity contribution is 7.09. The predicted octanol–water partition coefficient (Wildman–Crippen LogP) is 4.67. The first-order chi connectivity index (χ1) is 20.7. The van der Waals surface area contributed by atoms with E-state index in [0.29, 0.717) is 29.0 Å². The minimum absolute atomic E-state index is 0.0260. The molecule has 0 fully saturated rings. The number of phenolic OH excluding ortho intramolecular Hbond substituents is 1. The number of anilines is 1. The number of phenols is 1. The first-order valence-electron chi connectivity index (χ1n) is 14.9. The Morgan fingerprint density at radius 1 is 1.27 bits per heavy atom. The summed E-state index contributed by atoms with van der Waals surface area (Å²) in [5, 5.41) is 24.7. The molecule has 1 aromatic carbocycles. The summed E-state index contributed by atoms with van der Waals surface area (Å²) in [6.45, 7) is 13.1. The quantitative estimate of drug-likeness (QED) is 0.106. The first kappa shape index (κ1) is 34.6. The van der Waals surface area contributed by atoms with Crippen LogP contribution in [0.3, 0.4) is 0 Å². The highest BCUT2D eigenvalue weighted by Crippen LogP contribution is 2.40. The maximum absolute atomic E-state index is 13.4. The van der Waals surface area contributed by atoms with Crippen LogP contribution in [0.5, 0.6) is 5.75 Å². The van der Waals surface area contributed by atoms with Gasteiger partial charge in [0, 0.05) is 43.8 Å². The lowest BCUT2D eigenvalue weighted by Gasteiger charge is -2.36. The Bertz CT molecular complexity index is 1390. The van der Waals surface area contributed by atoms with Crippen molar-refractivity contribution < 1.29 is 34.1 Å². The molecule has 1 aliphatic carbocycles. The van der Waals surface area contributed by atoms with E-state index in [1.165, 1.54) is 24.3 Å². The molecule has 1 aliphatic rings. The molecule has 5 N–H and O–H groups in total. The molecule has 0 saturated carbocycles. The van der Waals surface area contributed by atoms with Gasteiger partial charge in [0.2, 0.25) is 5.91 Å². The maximum Gasteiger partial charge on any atom is 0.311 e. The number of carboxylic acids is 1. The third kappa shape index (κ3) is 7.77. The molecule has 11 nitrogen and oxygen atoms in total. The number of aromatic hydroxyl groups is 1. The van der Waals surface area contributed by atoms with Crippen molar-refractivity contribution in [2.45, 2.75) is 84.4 Å². The van der Waals surface area contributed by atoms with Crippen LogP contribution < -0.4 is 11.1 Å². The minimum atomic E-state index is -1.10. The second-order valence-electron chi connectivity index (χ2n) is 11.8. The van der Waals surface area contributed by atoms with Crippen molar-refractivity contribution in [3.63, 3.8) is 0 Å². The molecule has 2 amide bonds. The number of nitrogen functional groups attached to an aromatic ring is 1. The summed E-state index contributed by atoms with van der Waals surface area (Å²) in [5.74, 6) is -3.49. The molecule has 1 heterocycles. The van der Waals surface area contributed by atoms with Crippen molar-refractivity contribution >= 4 is 40.8 Å². The number of benzene rings is 1. The fraction of sp³-hybridized carbons (Fsp3) is 0.531. The average molecular weight is 629 g/mol. The van der Waals surface area contributed by atoms with Crippen molar-refractivity contribution in [1.82, 2.24) is 15.2 Å². The Balaban J connectivity index is 1.80. The molecule has 6 atom stereocenters. The van der Waals surface area contributed by atoms with E-state index in [2.05, 4.69) is 16.9 Å². The first-order valence-corrected chi connectivity index (χ1v) is 15.7. The van der Waals surface area contributed by atoms with Gasteiger partial charge in [0.15, 0.2) is 6.10 Å². The lowest BCUT2D eigenvalue weighted by atomic mass is 9.79. The molecule has 0 bridgehead atoms. The molecule has 0 spiro atoms. The van der Waals surface area contributed by atoms with Gasteiger partial charge in [-0.25, -0.2) is 4.98 Å². The largest absolute Gasteiger partial charge is 0.506 e. The number of amides is 2. The lowest BCUT2D eigenvalue weighted by Crippen LogP contribution is -2.45. The maximum atomic E-state index is 13.4. The highest BCUT2D eigenvalue weighted by atomic mass is 32.1. The van der Waals surface area contributed by atoms with Gasteiger partial charge in [-0.2, -0.15) is 0 Å². The number of esters is 1. The number of carbonyl (C=O) groups is 4. The number of aliphatic carboxylic acids is 1. The number of nitrogens with zero attached hydrogens (tertiary/aromatic N) is 2. The molecule has 3 rings (SSSR count). The van der Waals surface area contributed by atoms with Crippen LogP contribution in [-0.2, 0) is 25.5 Å². The van der Waals surface area contributed by atoms with Crippen molar-refractivity contribution in [3.05, 3.63) is 52.0 Å². The lowest BCUT2D eigenvalue weighted by molar-refractivity contribution is -0.149. The SMILES string of the molecule is C=CC(CC)C(C)C(=O)N(C)C(CC(OC(C)=O)c1nc(C(=O)NC2Cc3ccc(O)c(N)c3C(C(=O)O)C2)cs1)C(C)C. The van der Waals surface area contributed by atoms with E-state index in [1.807, 2.05) is 27.7 Å². The average Bonchev–Trinajstić information content (AvgIpc) is 3.47. The summed E-state index contributed by atoms with van der Waals surface area (Å²) in [7, 11) is 1.76. The van der Waals surface area contributed by atoms with E-state index in [9.17, 15) is 29.4 Å². The molecule has 1 aromatic heterocycles. The van der Waals surface area contributed by atoms with Gasteiger partial charge in [-0.3, -0.25) is 19.2 Å². The topological polar surface area (TPSA) is 172 Å². The van der Waals surface area contributed by atoms with Crippen LogP contribution in [0.25, 0.3) is 0 Å². The number of rotatable bonds is 13. The normalized spacial score (nSPS) is 18.8. The number of carboxylic acid groups (broad SMARTS) is 1. The number of carbonyl (C=O) groups excluding carboxylic acids is 3. The molecule has 0 radical (unpaired) electrons. The fourth-order valence-electron chi connectivity index (χ4n) is 6.03. The smallest absolute Gasteiger partial charge is 0.311 e. The number of hydrogen-bond acceptors (Lipinski definition) is 9. The summed E-state index contributed by atoms with van der Waals surface area (Å²) in [4.78, 5) is 57.0. The summed E-state index contributed by atoms with van der Waals surface area (Å²) < 4.78 is 5.67. The van der Waals surface area contributed by atoms with Crippen LogP contribution in [0.1, 0.15) is 92.5 Å². The van der Waals surface area contributed by atoms with Crippen LogP contribution >= 0.6 is 11.3 Å². The van der Waals surface area contributed by atoms with E-state index >= 15 is 0 Å². The molecule has 12 heteroatoms. The highest BCUT2D eigenvalue weighted by Gasteiger charge is 2.36. The number of thiazole rings is 1. The Kier molecular flexibility index (Phi) is 11.5. The predicted molar refractivity (Wildman–Crippen MR) is 168 cm³/mol. The van der Waals surface area contributed by atoms with E-state index in [-0.39, 0.29) is 53.3 Å². The molecule has 0 aliphatic heterocycles. The van der Waals surface area contributed by atoms with Gasteiger partial charge in [0.25, 0.3) is 5.91 Å². The van der Waals surface area contributed by atoms with Crippen molar-refractivity contribution in [2.24, 2.45) is 17.8 Å². The second-order valence-corrected chi connectivity index (χ2v) is 12.7. The Morgan fingerprint density at radius 2 is 1.95 bits per heavy atom. The van der Waals surface area contributed by atoms with Crippen LogP contribution in [0.4, 0.5) is 5.69 Å². The summed E-state index contributed by atoms with van der Waals surface area (Å²) in [6, 6.07) is 2.24. The van der Waals surface area contributed by atoms with Gasteiger partial charge < -0.3 is 30.9 Å². The number of nitrogens with two attached hydrogens (primary N) is 1. The van der Waals surface area contributed by atoms with Crippen LogP contribution in [-0.4, -0.2) is 63.0 Å². The number of hydrogen-bond donors (Lipinski definition) is 4. The van der Waals surface area contributed by atoms with Gasteiger partial charge >= 0.3 is 11.9 Å². The van der Waals surface area contributed by atoms with Crippen LogP contribution in [0.2, 0.25) is 0 Å². The van der Waals surface area contributed by atoms with Gasteiger partial charge in [-0.05, 0) is 48.3 Å². The molecule has 2 aromatic rings. The summed E-state index contributed by atoms with van der Waals surface area (Å²) in [6.07, 6.45) is 2.53. The molecule has 44 heavy (non-hydrogen) atoms. The molecule has 0 saturated heterocycles. The standard InChI is InChI=1S/C32H44N4O7S/c1-8-19(9-2)17(5)31(40)36(7)24(16(3)4)14-26(43-18(6)37)30-35-23(15-44-30)29(39)34-21-12-20-10-11-25(38)28(33)27(20)22(13-21)32(41)42/h8,10-11,15-17,19,21-22,24,26,38H,1,9,12-14,33H2,2-7H3,(H,34,39)(H,41,42). The number of allylic oxidation sites excluding steroid dienone is 1. The van der Waals surface area contributed by atoms with Gasteiger partial charge in [0.05, 0.1) is 11.6 Å². The zero-order valence-electron chi connectivity index (χ0n) is 26.2. The number of aromatic nitrogens is 1. The molecular weight excluding hydrogens is 584 g/mol. The van der Waals surface area contributed by atoms with Crippen LogP contribution in [0, 0.1) is 17.8 Å². The molecule has 240 valence electrons. The molecule has 6 unspecified atom stereocenters. The zero-order valence-corrected chi connectivity index (χ0v) is 27.0. The van der Waals surface area contributed by atoms with E-state index in [1.54, 1.807) is 29.5 Å². The van der Waals surface area contributed by atoms with Gasteiger partial charge in [-0.1, -0.05) is 39.8 Å². The van der Waals surface area contributed by atoms with Gasteiger partial charge in [0.1, 0.15) is 16.5 Å². The van der Waals surface area contributed by atoms with E-state index in [0.717, 1.165) is 6.42 Å². The zero-order chi connectivity index (χ0) is 32.9. The second kappa shape index (κ2) is 14.7. The number of ether oxygens (including phenoxy) is 1.